The predicted octanol–water partition coefficient (Wildman–Crippen LogP) is 20.2. The fraction of sp³-hybridized carbons (Fsp3) is 0.825. The van der Waals surface area contributed by atoms with Crippen molar-refractivity contribution in [3.8, 4) is 0 Å². The summed E-state index contributed by atoms with van der Waals surface area (Å²) < 4.78 is 16.8. The first kappa shape index (κ1) is 66.4. The molecule has 0 rings (SSSR count). The van der Waals surface area contributed by atoms with Crippen molar-refractivity contribution >= 4 is 17.9 Å². The molecule has 0 aliphatic carbocycles. The van der Waals surface area contributed by atoms with Gasteiger partial charge >= 0.3 is 17.9 Å². The molecule has 0 aliphatic rings. The Balaban J connectivity index is 4.14. The van der Waals surface area contributed by atoms with Crippen molar-refractivity contribution in [2.75, 3.05) is 13.2 Å². The zero-order valence-electron chi connectivity index (χ0n) is 46.1. The van der Waals surface area contributed by atoms with Crippen molar-refractivity contribution < 1.29 is 28.6 Å². The molecular weight excluding hydrogens is 853 g/mol. The lowest BCUT2D eigenvalue weighted by Crippen LogP contribution is -2.30. The number of hydrogen-bond acceptors (Lipinski definition) is 6. The molecule has 0 aliphatic heterocycles. The number of ether oxygens (including phenoxy) is 3. The molecule has 1 atom stereocenters. The molecule has 1 unspecified atom stereocenters. The summed E-state index contributed by atoms with van der Waals surface area (Å²) in [5.74, 6) is -0.893. The zero-order chi connectivity index (χ0) is 50.0. The van der Waals surface area contributed by atoms with Crippen LogP contribution in [0.2, 0.25) is 0 Å². The Morgan fingerprint density at radius 1 is 0.304 bits per heavy atom. The van der Waals surface area contributed by atoms with Crippen molar-refractivity contribution in [1.29, 1.82) is 0 Å². The Kier molecular flexibility index (Phi) is 55.7. The number of allylic oxidation sites excluding steroid dienone is 8. The molecule has 0 spiro atoms. The van der Waals surface area contributed by atoms with Gasteiger partial charge in [-0.3, -0.25) is 14.4 Å². The van der Waals surface area contributed by atoms with E-state index >= 15 is 0 Å². The average molecular weight is 968 g/mol. The van der Waals surface area contributed by atoms with Crippen LogP contribution in [0.1, 0.15) is 316 Å². The van der Waals surface area contributed by atoms with Crippen LogP contribution in [0, 0.1) is 0 Å². The summed E-state index contributed by atoms with van der Waals surface area (Å²) in [4.78, 5) is 38.0. The number of esters is 3. The number of carbonyl (C=O) groups is 3. The van der Waals surface area contributed by atoms with Gasteiger partial charge in [-0.15, -0.1) is 0 Å². The summed E-state index contributed by atoms with van der Waals surface area (Å²) in [6.07, 6.45) is 71.4. The molecule has 402 valence electrons. The van der Waals surface area contributed by atoms with Crippen LogP contribution in [0.3, 0.4) is 0 Å². The van der Waals surface area contributed by atoms with E-state index in [1.165, 1.54) is 180 Å². The summed E-state index contributed by atoms with van der Waals surface area (Å²) in [5.41, 5.74) is 0. The predicted molar refractivity (Wildman–Crippen MR) is 298 cm³/mol. The third-order valence-electron chi connectivity index (χ3n) is 13.3. The van der Waals surface area contributed by atoms with Gasteiger partial charge in [0.1, 0.15) is 13.2 Å². The molecule has 6 nitrogen and oxygen atoms in total. The van der Waals surface area contributed by atoms with Crippen LogP contribution in [0.4, 0.5) is 0 Å². The van der Waals surface area contributed by atoms with E-state index in [4.69, 9.17) is 14.2 Å². The molecule has 0 saturated heterocycles. The van der Waals surface area contributed by atoms with Gasteiger partial charge in [-0.1, -0.05) is 288 Å². The van der Waals surface area contributed by atoms with Gasteiger partial charge < -0.3 is 14.2 Å². The van der Waals surface area contributed by atoms with Crippen molar-refractivity contribution in [3.63, 3.8) is 0 Å². The van der Waals surface area contributed by atoms with Gasteiger partial charge in [-0.25, -0.2) is 0 Å². The second-order valence-electron chi connectivity index (χ2n) is 20.2. The van der Waals surface area contributed by atoms with Gasteiger partial charge in [0.25, 0.3) is 0 Å². The largest absolute Gasteiger partial charge is 0.462 e. The highest BCUT2D eigenvalue weighted by Gasteiger charge is 2.19. The summed E-state index contributed by atoms with van der Waals surface area (Å²) in [7, 11) is 0. The maximum atomic E-state index is 12.8. The Morgan fingerprint density at radius 3 is 0.884 bits per heavy atom. The summed E-state index contributed by atoms with van der Waals surface area (Å²) in [6, 6.07) is 0. The van der Waals surface area contributed by atoms with E-state index in [2.05, 4.69) is 69.4 Å². The SMILES string of the molecule is CC/C=C\C/C=C\C/C=C\C/C=C\CCCCCCC(=O)OC(COC(=O)CCCCCCCCCC)COC(=O)CCCCCCCCCCCCCCCCCCCCCCCCCCCC. The second kappa shape index (κ2) is 57.9. The molecule has 0 aromatic heterocycles. The summed E-state index contributed by atoms with van der Waals surface area (Å²) >= 11 is 0. The molecule has 0 saturated carbocycles. The highest BCUT2D eigenvalue weighted by molar-refractivity contribution is 5.71. The van der Waals surface area contributed by atoms with Crippen molar-refractivity contribution in [1.82, 2.24) is 0 Å². The Morgan fingerprint density at radius 2 is 0.565 bits per heavy atom. The third-order valence-corrected chi connectivity index (χ3v) is 13.3. The van der Waals surface area contributed by atoms with E-state index < -0.39 is 6.10 Å². The fourth-order valence-electron chi connectivity index (χ4n) is 8.85. The fourth-order valence-corrected chi connectivity index (χ4v) is 8.85. The first-order chi connectivity index (χ1) is 34.0. The van der Waals surface area contributed by atoms with Crippen LogP contribution in [0.5, 0.6) is 0 Å². The lowest BCUT2D eigenvalue weighted by atomic mass is 10.0. The zero-order valence-corrected chi connectivity index (χ0v) is 46.1. The van der Waals surface area contributed by atoms with Gasteiger partial charge in [0, 0.05) is 19.3 Å². The maximum Gasteiger partial charge on any atom is 0.306 e. The first-order valence-electron chi connectivity index (χ1n) is 30.1. The van der Waals surface area contributed by atoms with E-state index in [1.807, 2.05) is 0 Å². The van der Waals surface area contributed by atoms with Crippen LogP contribution in [-0.2, 0) is 28.6 Å². The van der Waals surface area contributed by atoms with E-state index in [0.717, 1.165) is 96.3 Å². The van der Waals surface area contributed by atoms with Crippen molar-refractivity contribution in [3.05, 3.63) is 48.6 Å². The van der Waals surface area contributed by atoms with Crippen LogP contribution < -0.4 is 0 Å². The summed E-state index contributed by atoms with van der Waals surface area (Å²) in [6.45, 7) is 6.52. The van der Waals surface area contributed by atoms with Crippen LogP contribution in [0.25, 0.3) is 0 Å². The molecule has 6 heteroatoms. The molecule has 0 N–H and O–H groups in total. The normalized spacial score (nSPS) is 12.3. The van der Waals surface area contributed by atoms with E-state index in [1.54, 1.807) is 0 Å². The molecule has 0 bridgehead atoms. The van der Waals surface area contributed by atoms with E-state index in [9.17, 15) is 14.4 Å². The molecule has 0 aromatic rings. The highest BCUT2D eigenvalue weighted by Crippen LogP contribution is 2.17. The minimum atomic E-state index is -0.781. The van der Waals surface area contributed by atoms with Gasteiger partial charge in [0.2, 0.25) is 0 Å². The molecule has 0 amide bonds. The van der Waals surface area contributed by atoms with E-state index in [-0.39, 0.29) is 31.1 Å². The number of hydrogen-bond donors (Lipinski definition) is 0. The van der Waals surface area contributed by atoms with Crippen LogP contribution >= 0.6 is 0 Å². The topological polar surface area (TPSA) is 78.9 Å². The summed E-state index contributed by atoms with van der Waals surface area (Å²) in [5, 5.41) is 0. The number of rotatable bonds is 55. The standard InChI is InChI=1S/C63H114O6/c1-4-7-10-13-16-19-21-23-25-27-28-29-30-31-32-33-34-35-37-38-40-42-44-47-50-53-56-62(65)68-59-60(58-67-61(64)55-52-49-46-18-15-12-9-6-3)69-63(66)57-54-51-48-45-43-41-39-36-26-24-22-20-17-14-11-8-5-2/h8,11,17,20,24,26,39,41,60H,4-7,9-10,12-16,18-19,21-23,25,27-38,40,42-59H2,1-3H3/b11-8-,20-17-,26-24-,41-39-. The highest BCUT2D eigenvalue weighted by atomic mass is 16.6. The van der Waals surface area contributed by atoms with Gasteiger partial charge in [-0.05, 0) is 57.8 Å². The van der Waals surface area contributed by atoms with Crippen LogP contribution in [0.15, 0.2) is 48.6 Å². The molecule has 69 heavy (non-hydrogen) atoms. The maximum absolute atomic E-state index is 12.8. The first-order valence-corrected chi connectivity index (χ1v) is 30.1. The van der Waals surface area contributed by atoms with Crippen molar-refractivity contribution in [2.24, 2.45) is 0 Å². The lowest BCUT2D eigenvalue weighted by molar-refractivity contribution is -0.167. The monoisotopic (exact) mass is 967 g/mol. The number of carbonyl (C=O) groups excluding carboxylic acids is 3. The second-order valence-corrected chi connectivity index (χ2v) is 20.2. The molecule has 0 fully saturated rings. The molecular formula is C63H114O6. The minimum Gasteiger partial charge on any atom is -0.462 e. The van der Waals surface area contributed by atoms with Gasteiger partial charge in [0.15, 0.2) is 6.10 Å². The minimum absolute atomic E-state index is 0.0794. The smallest absolute Gasteiger partial charge is 0.306 e. The molecule has 0 heterocycles. The quantitative estimate of drug-likeness (QED) is 0.0262. The van der Waals surface area contributed by atoms with Gasteiger partial charge in [-0.2, -0.15) is 0 Å². The number of unbranched alkanes of at least 4 members (excludes halogenated alkanes) is 36. The van der Waals surface area contributed by atoms with Crippen molar-refractivity contribution in [2.45, 2.75) is 322 Å². The lowest BCUT2D eigenvalue weighted by Gasteiger charge is -2.18. The average Bonchev–Trinajstić information content (AvgIpc) is 3.35. The molecule has 0 aromatic carbocycles. The Bertz CT molecular complexity index is 1200. The van der Waals surface area contributed by atoms with E-state index in [0.29, 0.717) is 19.3 Å². The molecule has 0 radical (unpaired) electrons. The Hall–Kier alpha value is -2.63. The van der Waals surface area contributed by atoms with Gasteiger partial charge in [0.05, 0.1) is 0 Å². The third kappa shape index (κ3) is 56.2. The van der Waals surface area contributed by atoms with Crippen LogP contribution in [-0.4, -0.2) is 37.2 Å². The Labute approximate surface area is 428 Å².